The number of halogens is 1. The van der Waals surface area contributed by atoms with Gasteiger partial charge in [0.2, 0.25) is 11.8 Å². The first-order valence-electron chi connectivity index (χ1n) is 9.01. The number of benzene rings is 3. The minimum absolute atomic E-state index is 0.0523. The third-order valence-corrected chi connectivity index (χ3v) is 4.63. The van der Waals surface area contributed by atoms with Crippen molar-refractivity contribution in [3.63, 3.8) is 0 Å². The number of nitrogens with zero attached hydrogens (tertiary/aromatic N) is 1. The zero-order valence-corrected chi connectivity index (χ0v) is 16.9. The molecule has 0 aliphatic heterocycles. The van der Waals surface area contributed by atoms with Crippen molar-refractivity contribution in [3.05, 3.63) is 77.3 Å². The van der Waals surface area contributed by atoms with Crippen LogP contribution in [-0.4, -0.2) is 37.4 Å². The number of ether oxygens (including phenoxy) is 1. The van der Waals surface area contributed by atoms with Gasteiger partial charge in [0.05, 0.1) is 13.7 Å². The van der Waals surface area contributed by atoms with E-state index in [0.717, 1.165) is 22.1 Å². The smallest absolute Gasteiger partial charge is 0.246 e. The van der Waals surface area contributed by atoms with Crippen LogP contribution in [0.4, 0.5) is 5.69 Å². The highest BCUT2D eigenvalue weighted by Gasteiger charge is 2.11. The minimum Gasteiger partial charge on any atom is -0.497 e. The second kappa shape index (κ2) is 9.26. The quantitative estimate of drug-likeness (QED) is 0.606. The molecule has 0 fully saturated rings. The maximum atomic E-state index is 12.3. The average molecular weight is 409 g/mol. The van der Waals surface area contributed by atoms with Crippen molar-refractivity contribution in [2.45, 2.75) is 0 Å². The lowest BCUT2D eigenvalue weighted by atomic mass is 10.1. The van der Waals surface area contributed by atoms with Crippen LogP contribution in [0.15, 0.2) is 66.7 Å². The van der Waals surface area contributed by atoms with Gasteiger partial charge in [0, 0.05) is 23.8 Å². The van der Waals surface area contributed by atoms with Gasteiger partial charge < -0.3 is 15.0 Å². The third kappa shape index (κ3) is 5.59. The molecule has 29 heavy (non-hydrogen) atoms. The van der Waals surface area contributed by atoms with Crippen molar-refractivity contribution in [1.29, 1.82) is 0 Å². The van der Waals surface area contributed by atoms with Gasteiger partial charge in [-0.1, -0.05) is 29.8 Å². The molecule has 3 aromatic carbocycles. The molecule has 6 heteroatoms. The van der Waals surface area contributed by atoms with E-state index in [2.05, 4.69) is 5.32 Å². The summed E-state index contributed by atoms with van der Waals surface area (Å²) in [6, 6.07) is 18.5. The van der Waals surface area contributed by atoms with Gasteiger partial charge in [-0.15, -0.1) is 0 Å². The predicted molar refractivity (Wildman–Crippen MR) is 117 cm³/mol. The summed E-state index contributed by atoms with van der Waals surface area (Å²) in [5, 5.41) is 5.43. The molecule has 0 unspecified atom stereocenters. The number of methoxy groups -OCH3 is 1. The highest BCUT2D eigenvalue weighted by Crippen LogP contribution is 2.22. The molecular formula is C23H21ClN2O3. The fourth-order valence-corrected chi connectivity index (χ4v) is 2.92. The number of fused-ring (bicyclic) bond motifs is 1. The molecule has 3 aromatic rings. The Bertz CT molecular complexity index is 1060. The molecule has 0 aliphatic rings. The van der Waals surface area contributed by atoms with E-state index >= 15 is 0 Å². The second-order valence-electron chi connectivity index (χ2n) is 6.56. The van der Waals surface area contributed by atoms with E-state index in [4.69, 9.17) is 16.3 Å². The fourth-order valence-electron chi connectivity index (χ4n) is 2.79. The van der Waals surface area contributed by atoms with Gasteiger partial charge in [0.15, 0.2) is 0 Å². The molecule has 2 amide bonds. The molecule has 0 radical (unpaired) electrons. The molecule has 5 nitrogen and oxygen atoms in total. The summed E-state index contributed by atoms with van der Waals surface area (Å²) in [5.74, 6) is 0.261. The normalized spacial score (nSPS) is 10.9. The molecule has 0 saturated heterocycles. The molecular weight excluding hydrogens is 388 g/mol. The van der Waals surface area contributed by atoms with Crippen molar-refractivity contribution < 1.29 is 14.3 Å². The van der Waals surface area contributed by atoms with Crippen LogP contribution in [0.25, 0.3) is 16.8 Å². The maximum Gasteiger partial charge on any atom is 0.246 e. The van der Waals surface area contributed by atoms with Gasteiger partial charge in [0.1, 0.15) is 5.75 Å². The molecule has 0 aliphatic carbocycles. The molecule has 1 N–H and O–H groups in total. The molecule has 148 valence electrons. The maximum absolute atomic E-state index is 12.3. The van der Waals surface area contributed by atoms with Gasteiger partial charge in [-0.05, 0) is 64.9 Å². The van der Waals surface area contributed by atoms with Crippen LogP contribution in [0.1, 0.15) is 5.56 Å². The number of likely N-dealkylation sites (N-methyl/N-ethyl adjacent to an activating group) is 1. The van der Waals surface area contributed by atoms with E-state index in [1.807, 2.05) is 36.4 Å². The van der Waals surface area contributed by atoms with Crippen LogP contribution < -0.4 is 10.1 Å². The van der Waals surface area contributed by atoms with Crippen LogP contribution in [0.3, 0.4) is 0 Å². The number of carbonyl (C=O) groups excluding carboxylic acids is 2. The van der Waals surface area contributed by atoms with E-state index in [-0.39, 0.29) is 18.4 Å². The van der Waals surface area contributed by atoms with Gasteiger partial charge in [-0.3, -0.25) is 9.59 Å². The Hall–Kier alpha value is -3.31. The SMILES string of the molecule is COc1ccc2cc(/C=C/C(=O)N(C)CC(=O)Nc3ccc(Cl)cc3)ccc2c1. The molecule has 0 bridgehead atoms. The lowest BCUT2D eigenvalue weighted by Gasteiger charge is -2.15. The zero-order chi connectivity index (χ0) is 20.8. The molecule has 3 rings (SSSR count). The van der Waals surface area contributed by atoms with E-state index in [0.29, 0.717) is 10.7 Å². The Morgan fingerprint density at radius 3 is 2.45 bits per heavy atom. The summed E-state index contributed by atoms with van der Waals surface area (Å²) in [6.45, 7) is -0.0523. The van der Waals surface area contributed by atoms with E-state index in [1.54, 1.807) is 44.5 Å². The summed E-state index contributed by atoms with van der Waals surface area (Å²) < 4.78 is 5.23. The van der Waals surface area contributed by atoms with Crippen molar-refractivity contribution >= 4 is 46.0 Å². The van der Waals surface area contributed by atoms with Crippen LogP contribution in [-0.2, 0) is 9.59 Å². The summed E-state index contributed by atoms with van der Waals surface area (Å²) in [6.07, 6.45) is 3.19. The highest BCUT2D eigenvalue weighted by atomic mass is 35.5. The molecule has 0 spiro atoms. The Labute approximate surface area is 174 Å². The van der Waals surface area contributed by atoms with Crippen molar-refractivity contribution in [3.8, 4) is 5.75 Å². The van der Waals surface area contributed by atoms with E-state index in [1.165, 1.54) is 11.0 Å². The van der Waals surface area contributed by atoms with Crippen LogP contribution in [0.5, 0.6) is 5.75 Å². The summed E-state index contributed by atoms with van der Waals surface area (Å²) in [7, 11) is 3.22. The molecule has 0 saturated carbocycles. The predicted octanol–water partition coefficient (Wildman–Crippen LogP) is 4.61. The number of hydrogen-bond donors (Lipinski definition) is 1. The molecule has 0 atom stereocenters. The van der Waals surface area contributed by atoms with Crippen molar-refractivity contribution in [2.75, 3.05) is 26.0 Å². The number of anilines is 1. The first-order valence-corrected chi connectivity index (χ1v) is 9.39. The number of rotatable bonds is 6. The summed E-state index contributed by atoms with van der Waals surface area (Å²) in [4.78, 5) is 25.8. The third-order valence-electron chi connectivity index (χ3n) is 4.37. The van der Waals surface area contributed by atoms with Gasteiger partial charge >= 0.3 is 0 Å². The highest BCUT2D eigenvalue weighted by molar-refractivity contribution is 6.30. The average Bonchev–Trinajstić information content (AvgIpc) is 2.73. The van der Waals surface area contributed by atoms with Crippen molar-refractivity contribution in [1.82, 2.24) is 4.90 Å². The first-order chi connectivity index (χ1) is 13.9. The number of carbonyl (C=O) groups is 2. The second-order valence-corrected chi connectivity index (χ2v) is 6.99. The van der Waals surface area contributed by atoms with E-state index in [9.17, 15) is 9.59 Å². The molecule has 0 aromatic heterocycles. The number of amides is 2. The summed E-state index contributed by atoms with van der Waals surface area (Å²) in [5.41, 5.74) is 1.53. The minimum atomic E-state index is -0.281. The van der Waals surface area contributed by atoms with Crippen LogP contribution >= 0.6 is 11.6 Å². The van der Waals surface area contributed by atoms with Crippen LogP contribution in [0.2, 0.25) is 5.02 Å². The fraction of sp³-hybridized carbons (Fsp3) is 0.130. The Balaban J connectivity index is 1.59. The topological polar surface area (TPSA) is 58.6 Å². The monoisotopic (exact) mass is 408 g/mol. The Morgan fingerprint density at radius 2 is 1.72 bits per heavy atom. The summed E-state index contributed by atoms with van der Waals surface area (Å²) >= 11 is 5.83. The van der Waals surface area contributed by atoms with Gasteiger partial charge in [-0.25, -0.2) is 0 Å². The van der Waals surface area contributed by atoms with E-state index < -0.39 is 0 Å². The van der Waals surface area contributed by atoms with Gasteiger partial charge in [0.25, 0.3) is 0 Å². The molecule has 0 heterocycles. The Kier molecular flexibility index (Phi) is 6.52. The van der Waals surface area contributed by atoms with Gasteiger partial charge in [-0.2, -0.15) is 0 Å². The number of nitrogens with one attached hydrogen (secondary N) is 1. The first kappa shape index (κ1) is 20.4. The lowest BCUT2D eigenvalue weighted by molar-refractivity contribution is -0.129. The Morgan fingerprint density at radius 1 is 1.03 bits per heavy atom. The zero-order valence-electron chi connectivity index (χ0n) is 16.2. The number of hydrogen-bond acceptors (Lipinski definition) is 3. The largest absolute Gasteiger partial charge is 0.497 e. The lowest BCUT2D eigenvalue weighted by Crippen LogP contribution is -2.33. The van der Waals surface area contributed by atoms with Crippen LogP contribution in [0, 0.1) is 0 Å². The standard InChI is InChI=1S/C23H21ClN2O3/c1-26(15-22(27)25-20-9-7-19(24)8-10-20)23(28)12-4-16-3-5-18-14-21(29-2)11-6-17(18)13-16/h3-14H,15H2,1-2H3,(H,25,27)/b12-4+. The van der Waals surface area contributed by atoms with Crippen molar-refractivity contribution in [2.24, 2.45) is 0 Å².